The van der Waals surface area contributed by atoms with Gasteiger partial charge in [0.2, 0.25) is 0 Å². The summed E-state index contributed by atoms with van der Waals surface area (Å²) in [5, 5.41) is 0. The molecule has 0 aromatic carbocycles. The summed E-state index contributed by atoms with van der Waals surface area (Å²) in [6.45, 7) is 3.67. The van der Waals surface area contributed by atoms with Crippen molar-refractivity contribution in [2.45, 2.75) is 418 Å². The molecule has 0 amide bonds. The summed E-state index contributed by atoms with van der Waals surface area (Å²) in [7, 11) is -4.40. The molecule has 0 aliphatic rings. The van der Waals surface area contributed by atoms with E-state index in [2.05, 4.69) is 148 Å². The number of hydrogen-bond donors (Lipinski definition) is 2. The molecule has 0 spiro atoms. The van der Waals surface area contributed by atoms with E-state index < -0.39 is 26.5 Å². The molecule has 2 atom stereocenters. The van der Waals surface area contributed by atoms with Crippen LogP contribution in [0.4, 0.5) is 0 Å². The van der Waals surface area contributed by atoms with Gasteiger partial charge < -0.3 is 20.1 Å². The van der Waals surface area contributed by atoms with Gasteiger partial charge in [-0.3, -0.25) is 18.6 Å². The highest BCUT2D eigenvalue weighted by molar-refractivity contribution is 7.47. The van der Waals surface area contributed by atoms with Gasteiger partial charge in [-0.05, 0) is 116 Å². The minimum Gasteiger partial charge on any atom is -0.462 e. The van der Waals surface area contributed by atoms with Crippen LogP contribution in [0.25, 0.3) is 0 Å². The molecule has 0 heterocycles. The third-order valence-electron chi connectivity index (χ3n) is 19.0. The molecule has 0 radical (unpaired) electrons. The third-order valence-corrected chi connectivity index (χ3v) is 20.0. The van der Waals surface area contributed by atoms with Gasteiger partial charge in [0, 0.05) is 19.4 Å². The van der Waals surface area contributed by atoms with Gasteiger partial charge >= 0.3 is 19.8 Å². The molecule has 103 heavy (non-hydrogen) atoms. The molecule has 10 heteroatoms. The van der Waals surface area contributed by atoms with Gasteiger partial charge in [0.05, 0.1) is 13.2 Å². The third kappa shape index (κ3) is 87.0. The smallest absolute Gasteiger partial charge is 0.462 e. The normalized spacial score (nSPS) is 13.5. The molecule has 9 nitrogen and oxygen atoms in total. The molecular weight excluding hydrogens is 1290 g/mol. The maximum Gasteiger partial charge on any atom is 0.472 e. The first-order valence-corrected chi connectivity index (χ1v) is 45.2. The number of unbranched alkanes of at least 4 members (excludes halogenated alkanes) is 47. The van der Waals surface area contributed by atoms with Crippen LogP contribution in [0.3, 0.4) is 0 Å². The van der Waals surface area contributed by atoms with Gasteiger partial charge in [-0.1, -0.05) is 417 Å². The van der Waals surface area contributed by atoms with Crippen molar-refractivity contribution in [2.75, 3.05) is 26.4 Å². The highest BCUT2D eigenvalue weighted by atomic mass is 31.2. The molecule has 594 valence electrons. The van der Waals surface area contributed by atoms with Gasteiger partial charge in [0.1, 0.15) is 6.61 Å². The van der Waals surface area contributed by atoms with Crippen molar-refractivity contribution in [1.29, 1.82) is 0 Å². The SMILES string of the molecule is CC/C=C\C/C=C\C/C=C\C/C=C\C/C=C\C/C=C\C/C=C\C/C=C\C/C=C\CCCCCCCCCCCCCCCC(=O)OC(COC(=O)CCCCCCCCCCCCCCCCCCCCCCCCCCCCCCC/C=C\C/C=C\CCCCCCC)COP(=O)(O)OCCN. The molecule has 0 aliphatic carbocycles. The van der Waals surface area contributed by atoms with Gasteiger partial charge in [0.25, 0.3) is 0 Å². The quantitative estimate of drug-likeness (QED) is 0.0264. The summed E-state index contributed by atoms with van der Waals surface area (Å²) in [5.74, 6) is -0.816. The van der Waals surface area contributed by atoms with E-state index in [-0.39, 0.29) is 38.6 Å². The Kier molecular flexibility index (Phi) is 83.8. The first-order valence-electron chi connectivity index (χ1n) is 43.7. The van der Waals surface area contributed by atoms with Crippen molar-refractivity contribution < 1.29 is 37.6 Å². The molecule has 2 unspecified atom stereocenters. The van der Waals surface area contributed by atoms with Crippen molar-refractivity contribution in [2.24, 2.45) is 5.73 Å². The standard InChI is InChI=1S/C93H164NO8P/c1-3-5-7-9-11-13-15-17-19-21-23-25-27-29-31-33-35-37-39-41-43-45-47-49-51-53-55-57-59-61-63-65-67-69-71-73-75-77-79-81-83-85-92(95)99-89-91(90-101-103(97,98)100-88-87-94)102-93(96)86-84-82-80-78-76-74-72-70-68-66-64-62-60-58-56-54-52-50-48-46-44-42-40-38-36-34-32-30-28-26-24-22-20-18-16-14-12-10-8-6-4-2/h6,8,12,14-15,17-18,20-21,23-24,26,30,32,36,38,42,44,48,50,54,56,91H,3-5,7,9-11,13,16,19,22,25,27-29,31,33-35,37,39-41,43,45-47,49,51-53,55,57-90,94H2,1-2H3,(H,97,98)/b8-6-,14-12-,17-15-,20-18-,23-21-,26-24-,32-30-,38-36-,44-42-,50-48-,56-54-. The van der Waals surface area contributed by atoms with E-state index in [1.165, 1.54) is 276 Å². The number of nitrogens with two attached hydrogens (primary N) is 1. The predicted molar refractivity (Wildman–Crippen MR) is 450 cm³/mol. The lowest BCUT2D eigenvalue weighted by Crippen LogP contribution is -2.29. The summed E-state index contributed by atoms with van der Waals surface area (Å²) in [4.78, 5) is 35.5. The lowest BCUT2D eigenvalue weighted by molar-refractivity contribution is -0.161. The number of rotatable bonds is 82. The minimum absolute atomic E-state index is 0.0507. The van der Waals surface area contributed by atoms with E-state index in [1.54, 1.807) is 0 Å². The maximum absolute atomic E-state index is 12.8. The molecule has 0 aromatic heterocycles. The van der Waals surface area contributed by atoms with E-state index in [1.807, 2.05) is 0 Å². The van der Waals surface area contributed by atoms with Gasteiger partial charge in [-0.25, -0.2) is 4.57 Å². The zero-order chi connectivity index (χ0) is 74.3. The van der Waals surface area contributed by atoms with Crippen LogP contribution in [0, 0.1) is 0 Å². The number of ether oxygens (including phenoxy) is 2. The fourth-order valence-corrected chi connectivity index (χ4v) is 13.4. The Morgan fingerprint density at radius 3 is 0.796 bits per heavy atom. The Morgan fingerprint density at radius 2 is 0.534 bits per heavy atom. The topological polar surface area (TPSA) is 134 Å². The van der Waals surface area contributed by atoms with E-state index in [0.717, 1.165) is 103 Å². The van der Waals surface area contributed by atoms with E-state index in [9.17, 15) is 19.0 Å². The lowest BCUT2D eigenvalue weighted by atomic mass is 10.0. The Morgan fingerprint density at radius 1 is 0.301 bits per heavy atom. The minimum atomic E-state index is -4.40. The highest BCUT2D eigenvalue weighted by Gasteiger charge is 2.26. The molecule has 0 fully saturated rings. The second-order valence-corrected chi connectivity index (χ2v) is 30.5. The summed E-state index contributed by atoms with van der Waals surface area (Å²) < 4.78 is 33.3. The van der Waals surface area contributed by atoms with Crippen molar-refractivity contribution in [3.8, 4) is 0 Å². The largest absolute Gasteiger partial charge is 0.472 e. The number of carbonyl (C=O) groups excluding carboxylic acids is 2. The molecule has 0 bridgehead atoms. The first-order chi connectivity index (χ1) is 50.8. The van der Waals surface area contributed by atoms with E-state index >= 15 is 0 Å². The number of allylic oxidation sites excluding steroid dienone is 22. The summed E-state index contributed by atoms with van der Waals surface area (Å²) in [6.07, 6.45) is 125. The summed E-state index contributed by atoms with van der Waals surface area (Å²) in [5.41, 5.74) is 5.42. The van der Waals surface area contributed by atoms with E-state index in [4.69, 9.17) is 24.3 Å². The molecule has 3 N–H and O–H groups in total. The number of hydrogen-bond acceptors (Lipinski definition) is 8. The Balaban J connectivity index is 3.78. The average molecular weight is 1460 g/mol. The summed E-state index contributed by atoms with van der Waals surface area (Å²) >= 11 is 0. The van der Waals surface area contributed by atoms with Crippen molar-refractivity contribution in [3.05, 3.63) is 134 Å². The molecular formula is C93H164NO8P. The molecule has 0 rings (SSSR count). The highest BCUT2D eigenvalue weighted by Crippen LogP contribution is 2.43. The van der Waals surface area contributed by atoms with Crippen LogP contribution >= 0.6 is 7.82 Å². The van der Waals surface area contributed by atoms with Crippen LogP contribution in [0.2, 0.25) is 0 Å². The molecule has 0 saturated heterocycles. The maximum atomic E-state index is 12.8. The second kappa shape index (κ2) is 87.1. The molecule has 0 aromatic rings. The summed E-state index contributed by atoms with van der Waals surface area (Å²) in [6, 6.07) is 0. The Bertz CT molecular complexity index is 2170. The number of phosphoric ester groups is 1. The van der Waals surface area contributed by atoms with Gasteiger partial charge in [-0.2, -0.15) is 0 Å². The first kappa shape index (κ1) is 99.2. The zero-order valence-corrected chi connectivity index (χ0v) is 68.2. The monoisotopic (exact) mass is 1450 g/mol. The lowest BCUT2D eigenvalue weighted by Gasteiger charge is -2.19. The second-order valence-electron chi connectivity index (χ2n) is 29.0. The number of phosphoric acid groups is 1. The zero-order valence-electron chi connectivity index (χ0n) is 67.3. The van der Waals surface area contributed by atoms with Crippen molar-refractivity contribution in [3.63, 3.8) is 0 Å². The Labute approximate surface area is 637 Å². The fourth-order valence-electron chi connectivity index (χ4n) is 12.6. The van der Waals surface area contributed by atoms with Crippen LogP contribution in [-0.2, 0) is 32.7 Å². The fraction of sp³-hybridized carbons (Fsp3) is 0.742. The average Bonchev–Trinajstić information content (AvgIpc) is 0.970. The van der Waals surface area contributed by atoms with E-state index in [0.29, 0.717) is 6.42 Å². The van der Waals surface area contributed by atoms with Crippen LogP contribution in [0.15, 0.2) is 134 Å². The van der Waals surface area contributed by atoms with Crippen LogP contribution in [-0.4, -0.2) is 49.3 Å². The molecule has 0 aliphatic heterocycles. The predicted octanol–water partition coefficient (Wildman–Crippen LogP) is 29.9. The van der Waals surface area contributed by atoms with Crippen molar-refractivity contribution >= 4 is 19.8 Å². The van der Waals surface area contributed by atoms with Crippen molar-refractivity contribution in [1.82, 2.24) is 0 Å². The van der Waals surface area contributed by atoms with Crippen LogP contribution < -0.4 is 5.73 Å². The van der Waals surface area contributed by atoms with Crippen LogP contribution in [0.1, 0.15) is 412 Å². The molecule has 0 saturated carbocycles. The van der Waals surface area contributed by atoms with Crippen LogP contribution in [0.5, 0.6) is 0 Å². The van der Waals surface area contributed by atoms with Gasteiger partial charge in [0.15, 0.2) is 6.10 Å². The number of esters is 2. The Hall–Kier alpha value is -3.85. The number of carbonyl (C=O) groups is 2. The van der Waals surface area contributed by atoms with Gasteiger partial charge in [-0.15, -0.1) is 0 Å².